The Bertz CT molecular complexity index is 513. The fraction of sp³-hybridized carbons (Fsp3) is 0.222. The standard InChI is InChI=1S/C9H11ClN2O3S/c1-12-16(11,14)7-5-3-4-6(10)8(7)9(13)15-2/h3-5H,1-2H3,(H2,11,12,14). The molecule has 0 aliphatic heterocycles. The SMILES string of the molecule is CNS(=N)(=O)c1cccc(Cl)c1C(=O)OC. The van der Waals surface area contributed by atoms with Crippen LogP contribution in [0.3, 0.4) is 0 Å². The second kappa shape index (κ2) is 4.82. The number of halogens is 1. The van der Waals surface area contributed by atoms with Crippen LogP contribution >= 0.6 is 11.6 Å². The lowest BCUT2D eigenvalue weighted by molar-refractivity contribution is 0.0596. The quantitative estimate of drug-likeness (QED) is 0.813. The number of esters is 1. The molecular weight excluding hydrogens is 252 g/mol. The number of hydrogen-bond donors (Lipinski definition) is 2. The Hall–Kier alpha value is -1.11. The molecule has 1 aromatic carbocycles. The molecule has 0 bridgehead atoms. The Morgan fingerprint density at radius 3 is 2.69 bits per heavy atom. The molecule has 0 spiro atoms. The zero-order valence-corrected chi connectivity index (χ0v) is 10.3. The normalized spacial score (nSPS) is 14.2. The van der Waals surface area contributed by atoms with Crippen molar-refractivity contribution in [3.63, 3.8) is 0 Å². The first-order valence-corrected chi connectivity index (χ1v) is 6.21. The Morgan fingerprint density at radius 1 is 1.56 bits per heavy atom. The maximum absolute atomic E-state index is 11.8. The second-order valence-corrected chi connectivity index (χ2v) is 5.23. The molecule has 1 aromatic rings. The van der Waals surface area contributed by atoms with Gasteiger partial charge in [0.1, 0.15) is 9.92 Å². The Balaban J connectivity index is 3.53. The highest BCUT2D eigenvalue weighted by atomic mass is 35.5. The molecule has 0 heterocycles. The summed E-state index contributed by atoms with van der Waals surface area (Å²) in [6.45, 7) is 0. The summed E-state index contributed by atoms with van der Waals surface area (Å²) >= 11 is 5.83. The number of benzene rings is 1. The van der Waals surface area contributed by atoms with Crippen molar-refractivity contribution in [1.29, 1.82) is 4.78 Å². The summed E-state index contributed by atoms with van der Waals surface area (Å²) in [4.78, 5) is 11.5. The third-order valence-corrected chi connectivity index (χ3v) is 3.81. The predicted molar refractivity (Wildman–Crippen MR) is 61.0 cm³/mol. The molecule has 0 fully saturated rings. The third-order valence-electron chi connectivity index (χ3n) is 1.96. The van der Waals surface area contributed by atoms with Gasteiger partial charge in [0.15, 0.2) is 0 Å². The molecule has 0 aliphatic carbocycles. The van der Waals surface area contributed by atoms with Crippen LogP contribution in [0.5, 0.6) is 0 Å². The predicted octanol–water partition coefficient (Wildman–Crippen LogP) is 1.67. The van der Waals surface area contributed by atoms with Crippen LogP contribution in [0.15, 0.2) is 23.1 Å². The van der Waals surface area contributed by atoms with E-state index in [2.05, 4.69) is 9.46 Å². The van der Waals surface area contributed by atoms with Gasteiger partial charge in [-0.1, -0.05) is 17.7 Å². The summed E-state index contributed by atoms with van der Waals surface area (Å²) in [5, 5.41) is 0.111. The summed E-state index contributed by atoms with van der Waals surface area (Å²) in [5.41, 5.74) is -0.0407. The molecule has 2 N–H and O–H groups in total. The van der Waals surface area contributed by atoms with Crippen molar-refractivity contribution in [2.75, 3.05) is 14.2 Å². The molecule has 88 valence electrons. The number of carbonyl (C=O) groups excluding carboxylic acids is 1. The summed E-state index contributed by atoms with van der Waals surface area (Å²) in [6.07, 6.45) is 0. The van der Waals surface area contributed by atoms with E-state index in [0.29, 0.717) is 0 Å². The molecule has 0 saturated heterocycles. The van der Waals surface area contributed by atoms with Gasteiger partial charge < -0.3 is 4.74 Å². The van der Waals surface area contributed by atoms with Crippen molar-refractivity contribution >= 4 is 27.5 Å². The van der Waals surface area contributed by atoms with E-state index < -0.39 is 15.9 Å². The van der Waals surface area contributed by atoms with Gasteiger partial charge in [-0.2, -0.15) is 0 Å². The van der Waals surface area contributed by atoms with Crippen LogP contribution in [0.2, 0.25) is 5.02 Å². The molecule has 1 unspecified atom stereocenters. The fourth-order valence-corrected chi connectivity index (χ4v) is 2.43. The molecule has 16 heavy (non-hydrogen) atoms. The van der Waals surface area contributed by atoms with Crippen LogP contribution < -0.4 is 4.72 Å². The average Bonchev–Trinajstić information content (AvgIpc) is 2.27. The summed E-state index contributed by atoms with van der Waals surface area (Å²) in [6, 6.07) is 4.40. The zero-order chi connectivity index (χ0) is 12.3. The third kappa shape index (κ3) is 2.34. The minimum absolute atomic E-state index is 0.0225. The first-order chi connectivity index (χ1) is 7.44. The van der Waals surface area contributed by atoms with Crippen LogP contribution in [0, 0.1) is 4.78 Å². The minimum atomic E-state index is -3.24. The van der Waals surface area contributed by atoms with E-state index in [9.17, 15) is 9.00 Å². The number of nitrogens with one attached hydrogen (secondary N) is 2. The molecule has 0 saturated carbocycles. The van der Waals surface area contributed by atoms with Crippen molar-refractivity contribution in [2.24, 2.45) is 0 Å². The van der Waals surface area contributed by atoms with Gasteiger partial charge in [0.2, 0.25) is 0 Å². The molecule has 0 aliphatic rings. The first-order valence-electron chi connectivity index (χ1n) is 4.28. The van der Waals surface area contributed by atoms with Gasteiger partial charge in [-0.15, -0.1) is 0 Å². The maximum atomic E-state index is 11.8. The van der Waals surface area contributed by atoms with Crippen molar-refractivity contribution in [3.05, 3.63) is 28.8 Å². The second-order valence-electron chi connectivity index (χ2n) is 2.86. The molecule has 0 aromatic heterocycles. The fourth-order valence-electron chi connectivity index (χ4n) is 1.15. The van der Waals surface area contributed by atoms with Gasteiger partial charge in [-0.25, -0.2) is 18.5 Å². The van der Waals surface area contributed by atoms with Crippen molar-refractivity contribution < 1.29 is 13.7 Å². The van der Waals surface area contributed by atoms with Crippen LogP contribution in [-0.4, -0.2) is 24.3 Å². The molecular formula is C9H11ClN2O3S. The molecule has 5 nitrogen and oxygen atoms in total. The summed E-state index contributed by atoms with van der Waals surface area (Å²) in [5.74, 6) is -0.712. The number of rotatable bonds is 3. The molecule has 1 rings (SSSR count). The Kier molecular flexibility index (Phi) is 3.90. The average molecular weight is 263 g/mol. The van der Waals surface area contributed by atoms with Crippen LogP contribution in [-0.2, 0) is 14.7 Å². The van der Waals surface area contributed by atoms with Crippen molar-refractivity contribution in [1.82, 2.24) is 4.72 Å². The van der Waals surface area contributed by atoms with Crippen LogP contribution in [0.1, 0.15) is 10.4 Å². The lowest BCUT2D eigenvalue weighted by Gasteiger charge is -2.11. The number of hydrogen-bond acceptors (Lipinski definition) is 4. The smallest absolute Gasteiger partial charge is 0.340 e. The highest BCUT2D eigenvalue weighted by Gasteiger charge is 2.21. The van der Waals surface area contributed by atoms with Crippen LogP contribution in [0.4, 0.5) is 0 Å². The number of ether oxygens (including phenoxy) is 1. The minimum Gasteiger partial charge on any atom is -0.465 e. The van der Waals surface area contributed by atoms with E-state index in [-0.39, 0.29) is 15.5 Å². The molecule has 0 amide bonds. The highest BCUT2D eigenvalue weighted by Crippen LogP contribution is 2.24. The number of carbonyl (C=O) groups is 1. The Labute approximate surface area is 98.9 Å². The molecule has 7 heteroatoms. The van der Waals surface area contributed by atoms with E-state index in [1.807, 2.05) is 0 Å². The largest absolute Gasteiger partial charge is 0.465 e. The van der Waals surface area contributed by atoms with Gasteiger partial charge in [0.25, 0.3) is 0 Å². The van der Waals surface area contributed by atoms with E-state index >= 15 is 0 Å². The molecule has 0 radical (unpaired) electrons. The first kappa shape index (κ1) is 13.0. The van der Waals surface area contributed by atoms with E-state index in [1.54, 1.807) is 0 Å². The number of methoxy groups -OCH3 is 1. The van der Waals surface area contributed by atoms with Gasteiger partial charge in [-0.05, 0) is 19.2 Å². The van der Waals surface area contributed by atoms with Gasteiger partial charge >= 0.3 is 5.97 Å². The van der Waals surface area contributed by atoms with E-state index in [0.717, 1.165) is 0 Å². The highest BCUT2D eigenvalue weighted by molar-refractivity contribution is 7.90. The summed E-state index contributed by atoms with van der Waals surface area (Å²) in [7, 11) is -0.674. The lowest BCUT2D eigenvalue weighted by atomic mass is 10.2. The zero-order valence-electron chi connectivity index (χ0n) is 8.74. The van der Waals surface area contributed by atoms with E-state index in [4.69, 9.17) is 16.4 Å². The van der Waals surface area contributed by atoms with Crippen molar-refractivity contribution in [3.8, 4) is 0 Å². The summed E-state index contributed by atoms with van der Waals surface area (Å²) < 4.78 is 26.3. The van der Waals surface area contributed by atoms with Crippen molar-refractivity contribution in [2.45, 2.75) is 4.90 Å². The maximum Gasteiger partial charge on any atom is 0.340 e. The van der Waals surface area contributed by atoms with Gasteiger partial charge in [0.05, 0.1) is 22.6 Å². The van der Waals surface area contributed by atoms with Crippen LogP contribution in [0.25, 0.3) is 0 Å². The molecule has 1 atom stereocenters. The van der Waals surface area contributed by atoms with Gasteiger partial charge in [-0.3, -0.25) is 0 Å². The van der Waals surface area contributed by atoms with Gasteiger partial charge in [0, 0.05) is 0 Å². The topological polar surface area (TPSA) is 79.3 Å². The lowest BCUT2D eigenvalue weighted by Crippen LogP contribution is -2.20. The monoisotopic (exact) mass is 262 g/mol. The Morgan fingerprint density at radius 2 is 2.19 bits per heavy atom. The van der Waals surface area contributed by atoms with E-state index in [1.165, 1.54) is 32.4 Å².